The zero-order chi connectivity index (χ0) is 24.0. The number of urea groups is 1. The Balaban J connectivity index is 1.87. The van der Waals surface area contributed by atoms with Crippen molar-refractivity contribution in [3.05, 3.63) is 53.1 Å². The molecule has 3 rings (SSSR count). The molecule has 174 valence electrons. The van der Waals surface area contributed by atoms with Gasteiger partial charge in [-0.2, -0.15) is 0 Å². The standard InChI is InChI=1S/C24H26N2O7/c1-5-10-33-19-9-7-16(13-21(19)32-4)14-26-23(28)17(22(27)25-24(26)29)11-15-6-8-18(30-2)20(12-15)31-3/h6-9,11-13H,5,10,14H2,1-4H3,(H,25,27,29). The molecule has 0 bridgehead atoms. The SMILES string of the molecule is CCCOc1ccc(CN2C(=O)NC(=O)C(=Cc3ccc(OC)c(OC)c3)C2=O)cc1OC. The van der Waals surface area contributed by atoms with Crippen LogP contribution in [0.25, 0.3) is 6.08 Å². The van der Waals surface area contributed by atoms with E-state index in [2.05, 4.69) is 5.32 Å². The average Bonchev–Trinajstić information content (AvgIpc) is 2.83. The van der Waals surface area contributed by atoms with Crippen LogP contribution < -0.4 is 24.3 Å². The first-order chi connectivity index (χ1) is 15.9. The molecule has 9 heteroatoms. The summed E-state index contributed by atoms with van der Waals surface area (Å²) in [5.74, 6) is 0.544. The summed E-state index contributed by atoms with van der Waals surface area (Å²) in [6.45, 7) is 2.48. The number of ether oxygens (including phenoxy) is 4. The van der Waals surface area contributed by atoms with Crippen molar-refractivity contribution in [2.75, 3.05) is 27.9 Å². The van der Waals surface area contributed by atoms with Gasteiger partial charge in [0, 0.05) is 0 Å². The molecule has 1 N–H and O–H groups in total. The first-order valence-electron chi connectivity index (χ1n) is 10.3. The second-order valence-electron chi connectivity index (χ2n) is 7.16. The van der Waals surface area contributed by atoms with Crippen LogP contribution in [0.1, 0.15) is 24.5 Å². The van der Waals surface area contributed by atoms with E-state index in [-0.39, 0.29) is 12.1 Å². The van der Waals surface area contributed by atoms with Crippen molar-refractivity contribution in [3.63, 3.8) is 0 Å². The molecule has 33 heavy (non-hydrogen) atoms. The lowest BCUT2D eigenvalue weighted by Crippen LogP contribution is -2.53. The van der Waals surface area contributed by atoms with Gasteiger partial charge in [0.2, 0.25) is 0 Å². The van der Waals surface area contributed by atoms with E-state index in [1.54, 1.807) is 36.4 Å². The van der Waals surface area contributed by atoms with Crippen molar-refractivity contribution >= 4 is 23.9 Å². The van der Waals surface area contributed by atoms with Gasteiger partial charge in [-0.25, -0.2) is 4.79 Å². The van der Waals surface area contributed by atoms with Gasteiger partial charge in [0.05, 0.1) is 34.5 Å². The van der Waals surface area contributed by atoms with Crippen molar-refractivity contribution in [3.8, 4) is 23.0 Å². The number of carbonyl (C=O) groups is 3. The Bertz CT molecular complexity index is 1090. The first kappa shape index (κ1) is 23.6. The summed E-state index contributed by atoms with van der Waals surface area (Å²) in [6, 6.07) is 9.33. The summed E-state index contributed by atoms with van der Waals surface area (Å²) < 4.78 is 21.5. The average molecular weight is 454 g/mol. The Morgan fingerprint density at radius 3 is 2.21 bits per heavy atom. The Morgan fingerprint density at radius 2 is 1.55 bits per heavy atom. The van der Waals surface area contributed by atoms with Crippen molar-refractivity contribution < 1.29 is 33.3 Å². The fraction of sp³-hybridized carbons (Fsp3) is 0.292. The fourth-order valence-electron chi connectivity index (χ4n) is 3.27. The highest BCUT2D eigenvalue weighted by molar-refractivity contribution is 6.30. The number of barbiturate groups is 1. The third kappa shape index (κ3) is 5.25. The number of benzene rings is 2. The molecule has 1 aliphatic rings. The monoisotopic (exact) mass is 454 g/mol. The van der Waals surface area contributed by atoms with Gasteiger partial charge in [0.25, 0.3) is 11.8 Å². The minimum atomic E-state index is -0.792. The lowest BCUT2D eigenvalue weighted by molar-refractivity contribution is -0.130. The van der Waals surface area contributed by atoms with Crippen LogP contribution in [0.15, 0.2) is 42.0 Å². The number of methoxy groups -OCH3 is 3. The number of hydrogen-bond donors (Lipinski definition) is 1. The Morgan fingerprint density at radius 1 is 0.879 bits per heavy atom. The third-order valence-corrected chi connectivity index (χ3v) is 4.93. The number of carbonyl (C=O) groups excluding carboxylic acids is 3. The van der Waals surface area contributed by atoms with Gasteiger partial charge in [-0.3, -0.25) is 19.8 Å². The van der Waals surface area contributed by atoms with Crippen molar-refractivity contribution in [1.29, 1.82) is 0 Å². The maximum Gasteiger partial charge on any atom is 0.331 e. The highest BCUT2D eigenvalue weighted by Gasteiger charge is 2.35. The molecule has 0 aliphatic carbocycles. The number of imide groups is 2. The summed E-state index contributed by atoms with van der Waals surface area (Å²) in [7, 11) is 4.51. The molecule has 1 saturated heterocycles. The maximum absolute atomic E-state index is 13.1. The van der Waals surface area contributed by atoms with Gasteiger partial charge in [-0.1, -0.05) is 19.1 Å². The zero-order valence-corrected chi connectivity index (χ0v) is 19.0. The van der Waals surface area contributed by atoms with E-state index in [0.717, 1.165) is 11.3 Å². The van der Waals surface area contributed by atoms with Gasteiger partial charge >= 0.3 is 6.03 Å². The molecule has 1 fully saturated rings. The molecule has 9 nitrogen and oxygen atoms in total. The number of hydrogen-bond acceptors (Lipinski definition) is 7. The molecular formula is C24H26N2O7. The molecule has 1 heterocycles. The quantitative estimate of drug-likeness (QED) is 0.459. The highest BCUT2D eigenvalue weighted by atomic mass is 16.5. The van der Waals surface area contributed by atoms with Crippen LogP contribution in [0, 0.1) is 0 Å². The molecule has 2 aromatic rings. The normalized spacial score (nSPS) is 14.8. The van der Waals surface area contributed by atoms with Crippen molar-refractivity contribution in [1.82, 2.24) is 10.2 Å². The Labute approximate surface area is 191 Å². The second-order valence-corrected chi connectivity index (χ2v) is 7.16. The Hall–Kier alpha value is -4.01. The zero-order valence-electron chi connectivity index (χ0n) is 19.0. The van der Waals surface area contributed by atoms with Crippen LogP contribution in [-0.4, -0.2) is 50.7 Å². The predicted molar refractivity (Wildman–Crippen MR) is 120 cm³/mol. The number of nitrogens with zero attached hydrogens (tertiary/aromatic N) is 1. The summed E-state index contributed by atoms with van der Waals surface area (Å²) in [4.78, 5) is 38.8. The van der Waals surface area contributed by atoms with Gasteiger partial charge in [-0.15, -0.1) is 0 Å². The number of rotatable bonds is 9. The highest BCUT2D eigenvalue weighted by Crippen LogP contribution is 2.30. The van der Waals surface area contributed by atoms with E-state index in [1.165, 1.54) is 27.4 Å². The molecule has 0 spiro atoms. The molecule has 4 amide bonds. The van der Waals surface area contributed by atoms with Gasteiger partial charge in [-0.05, 0) is 47.9 Å². The summed E-state index contributed by atoms with van der Waals surface area (Å²) in [6.07, 6.45) is 2.25. The predicted octanol–water partition coefficient (Wildman–Crippen LogP) is 3.16. The molecule has 0 atom stereocenters. The van der Waals surface area contributed by atoms with Crippen LogP contribution in [0.4, 0.5) is 4.79 Å². The van der Waals surface area contributed by atoms with Crippen LogP contribution >= 0.6 is 0 Å². The molecule has 0 radical (unpaired) electrons. The second kappa shape index (κ2) is 10.5. The Kier molecular flexibility index (Phi) is 7.55. The minimum Gasteiger partial charge on any atom is -0.493 e. The number of nitrogens with one attached hydrogen (secondary N) is 1. The van der Waals surface area contributed by atoms with Crippen molar-refractivity contribution in [2.45, 2.75) is 19.9 Å². The lowest BCUT2D eigenvalue weighted by atomic mass is 10.1. The maximum atomic E-state index is 13.1. The summed E-state index contributed by atoms with van der Waals surface area (Å²) in [5, 5.41) is 2.22. The molecule has 0 aromatic heterocycles. The van der Waals surface area contributed by atoms with E-state index < -0.39 is 17.8 Å². The molecule has 0 unspecified atom stereocenters. The van der Waals surface area contributed by atoms with E-state index in [4.69, 9.17) is 18.9 Å². The summed E-state index contributed by atoms with van der Waals surface area (Å²) >= 11 is 0. The van der Waals surface area contributed by atoms with Crippen molar-refractivity contribution in [2.24, 2.45) is 0 Å². The largest absolute Gasteiger partial charge is 0.493 e. The molecule has 2 aromatic carbocycles. The van der Waals surface area contributed by atoms with Gasteiger partial charge in [0.15, 0.2) is 23.0 Å². The topological polar surface area (TPSA) is 103 Å². The minimum absolute atomic E-state index is 0.0500. The van der Waals surface area contributed by atoms with Gasteiger partial charge in [0.1, 0.15) is 5.57 Å². The van der Waals surface area contributed by atoms with Crippen LogP contribution in [-0.2, 0) is 16.1 Å². The fourth-order valence-corrected chi connectivity index (χ4v) is 3.27. The van der Waals surface area contributed by atoms with E-state index in [0.29, 0.717) is 40.7 Å². The number of amides is 4. The van der Waals surface area contributed by atoms with E-state index >= 15 is 0 Å². The molecule has 0 saturated carbocycles. The van der Waals surface area contributed by atoms with E-state index in [1.807, 2.05) is 6.92 Å². The molecular weight excluding hydrogens is 428 g/mol. The lowest BCUT2D eigenvalue weighted by Gasteiger charge is -2.26. The third-order valence-electron chi connectivity index (χ3n) is 4.93. The van der Waals surface area contributed by atoms with Crippen LogP contribution in [0.2, 0.25) is 0 Å². The smallest absolute Gasteiger partial charge is 0.331 e. The van der Waals surface area contributed by atoms with Gasteiger partial charge < -0.3 is 18.9 Å². The van der Waals surface area contributed by atoms with Crippen LogP contribution in [0.3, 0.4) is 0 Å². The van der Waals surface area contributed by atoms with E-state index in [9.17, 15) is 14.4 Å². The summed E-state index contributed by atoms with van der Waals surface area (Å²) in [5.41, 5.74) is 1.01. The van der Waals surface area contributed by atoms with Crippen LogP contribution in [0.5, 0.6) is 23.0 Å². The first-order valence-corrected chi connectivity index (χ1v) is 10.3. The molecule has 1 aliphatic heterocycles.